The first-order valence-corrected chi connectivity index (χ1v) is 16.5. The van der Waals surface area contributed by atoms with E-state index in [0.29, 0.717) is 30.4 Å². The molecule has 2 saturated carbocycles. The zero-order valence-corrected chi connectivity index (χ0v) is 28.0. The van der Waals surface area contributed by atoms with Crippen molar-refractivity contribution in [3.63, 3.8) is 0 Å². The summed E-state index contributed by atoms with van der Waals surface area (Å²) in [5, 5.41) is 44.5. The zero-order valence-electron chi connectivity index (χ0n) is 28.0. The fraction of sp³-hybridized carbons (Fsp3) is 0.611. The molecule has 5 rings (SSSR count). The summed E-state index contributed by atoms with van der Waals surface area (Å²) in [6, 6.07) is 9.36. The van der Waals surface area contributed by atoms with E-state index in [1.807, 2.05) is 57.2 Å². The molecule has 1 aromatic rings. The highest BCUT2D eigenvalue weighted by Gasteiger charge is 2.83. The van der Waals surface area contributed by atoms with Crippen LogP contribution < -0.4 is 10.8 Å². The number of ketones is 1. The molecule has 2 fully saturated rings. The summed E-state index contributed by atoms with van der Waals surface area (Å²) in [7, 11) is 0. The maximum atomic E-state index is 12.8. The van der Waals surface area contributed by atoms with Gasteiger partial charge in [0.1, 0.15) is 11.2 Å². The van der Waals surface area contributed by atoms with Crippen molar-refractivity contribution < 1.29 is 44.4 Å². The van der Waals surface area contributed by atoms with E-state index in [-0.39, 0.29) is 53.8 Å². The Hall–Kier alpha value is -3.38. The van der Waals surface area contributed by atoms with Gasteiger partial charge in [-0.05, 0) is 55.4 Å². The van der Waals surface area contributed by atoms with Crippen molar-refractivity contribution in [2.24, 2.45) is 29.1 Å². The van der Waals surface area contributed by atoms with Crippen molar-refractivity contribution >= 4 is 29.3 Å². The molecule has 258 valence electrons. The van der Waals surface area contributed by atoms with Crippen molar-refractivity contribution in [2.75, 3.05) is 11.9 Å². The molecule has 0 aromatic heterocycles. The summed E-state index contributed by atoms with van der Waals surface area (Å²) in [6.07, 6.45) is 8.13. The zero-order chi connectivity index (χ0) is 34.8. The number of aliphatic hydroxyl groups excluding tert-OH is 1. The first kappa shape index (κ1) is 36.5. The number of fused-ring (bicyclic) bond motifs is 5. The number of hydrogen-bond acceptors (Lipinski definition) is 9. The Morgan fingerprint density at radius 1 is 0.979 bits per heavy atom. The maximum Gasteiger partial charge on any atom is 0.303 e. The number of anilines is 1. The van der Waals surface area contributed by atoms with Crippen molar-refractivity contribution in [2.45, 2.75) is 103 Å². The standard InChI is InChI=1S/C22H30O6.C14H20N2O3/c1-11-6-16-20(26,18(11)25)9-14(10-23)7-15-17-19(4,5)21(17,28-13(3)24)8-12(2)22(15,16)27;17-13(15-12-8-4-3-5-9-12)10-6-1-2-7-11-14(18)16-19/h6-7,12,15-17,23,26-27H,8-10H2,1-5H3;3-5,8-9,19H,1-2,6-7,10-11H2,(H,15,17)(H,16,18)/t12-,15+,16-,17-,20-,21+,22-;/m1./s1. The van der Waals surface area contributed by atoms with Gasteiger partial charge in [0.15, 0.2) is 5.78 Å². The van der Waals surface area contributed by atoms with Crippen LogP contribution in [0.1, 0.15) is 86.0 Å². The minimum atomic E-state index is -1.75. The van der Waals surface area contributed by atoms with Crippen LogP contribution in [0.25, 0.3) is 0 Å². The van der Waals surface area contributed by atoms with Crippen molar-refractivity contribution in [1.82, 2.24) is 5.48 Å². The van der Waals surface area contributed by atoms with Gasteiger partial charge in [-0.3, -0.25) is 24.4 Å². The van der Waals surface area contributed by atoms with Gasteiger partial charge in [-0.25, -0.2) is 5.48 Å². The molecule has 11 nitrogen and oxygen atoms in total. The number of nitrogens with one attached hydrogen (secondary N) is 2. The number of aliphatic hydroxyl groups is 3. The average molecular weight is 655 g/mol. The molecule has 2 amide bonds. The fourth-order valence-corrected chi connectivity index (χ4v) is 8.58. The molecule has 0 heterocycles. The van der Waals surface area contributed by atoms with E-state index in [4.69, 9.17) is 9.94 Å². The molecule has 47 heavy (non-hydrogen) atoms. The van der Waals surface area contributed by atoms with Gasteiger partial charge >= 0.3 is 5.97 Å². The molecule has 0 unspecified atom stereocenters. The molecule has 0 spiro atoms. The predicted octanol–water partition coefficient (Wildman–Crippen LogP) is 4.00. The van der Waals surface area contributed by atoms with Crippen molar-refractivity contribution in [3.05, 3.63) is 53.6 Å². The number of para-hydroxylation sites is 1. The van der Waals surface area contributed by atoms with Crippen LogP contribution in [-0.4, -0.2) is 67.5 Å². The minimum Gasteiger partial charge on any atom is -0.458 e. The SMILES string of the molecule is CC(=O)O[C@@]12C[C@@H](C)[C@@]3(O)[C@@H](C=C(CO)C[C@]4(O)C(=O)C(C)=C[C@@H]34)[C@@H]1C2(C)C.O=C(CCCCCCC(=O)Nc1ccccc1)NO. The lowest BCUT2D eigenvalue weighted by molar-refractivity contribution is -0.186. The molecule has 0 saturated heterocycles. The highest BCUT2D eigenvalue weighted by molar-refractivity contribution is 6.04. The van der Waals surface area contributed by atoms with E-state index in [0.717, 1.165) is 31.4 Å². The largest absolute Gasteiger partial charge is 0.458 e. The Labute approximate surface area is 276 Å². The van der Waals surface area contributed by atoms with Gasteiger partial charge in [0.25, 0.3) is 0 Å². The van der Waals surface area contributed by atoms with Crippen LogP contribution >= 0.6 is 0 Å². The monoisotopic (exact) mass is 654 g/mol. The molecule has 0 aliphatic heterocycles. The Morgan fingerprint density at radius 2 is 1.60 bits per heavy atom. The Balaban J connectivity index is 0.000000231. The number of carbonyl (C=O) groups is 4. The van der Waals surface area contributed by atoms with Gasteiger partial charge in [0, 0.05) is 55.0 Å². The van der Waals surface area contributed by atoms with E-state index < -0.39 is 28.6 Å². The van der Waals surface area contributed by atoms with Crippen LogP contribution in [0.2, 0.25) is 0 Å². The van der Waals surface area contributed by atoms with E-state index in [1.165, 1.54) is 6.92 Å². The molecule has 7 atom stereocenters. The number of Topliss-reactive ketones (excluding diaryl/α,β-unsaturated/α-hetero) is 1. The van der Waals surface area contributed by atoms with Gasteiger partial charge in [-0.1, -0.05) is 64.0 Å². The number of carbonyl (C=O) groups excluding carboxylic acids is 4. The molecule has 11 heteroatoms. The van der Waals surface area contributed by atoms with Crippen molar-refractivity contribution in [3.8, 4) is 0 Å². The third-order valence-corrected chi connectivity index (χ3v) is 10.9. The second-order valence-electron chi connectivity index (χ2n) is 14.3. The third-order valence-electron chi connectivity index (χ3n) is 10.9. The number of esters is 1. The Morgan fingerprint density at radius 3 is 2.17 bits per heavy atom. The van der Waals surface area contributed by atoms with Crippen LogP contribution in [0.15, 0.2) is 53.6 Å². The minimum absolute atomic E-state index is 0.0000834. The Bertz CT molecular complexity index is 1420. The number of rotatable bonds is 10. The van der Waals surface area contributed by atoms with E-state index >= 15 is 0 Å². The second-order valence-corrected chi connectivity index (χ2v) is 14.3. The summed E-state index contributed by atoms with van der Waals surface area (Å²) in [5.41, 5.74) is -0.776. The molecular formula is C36H50N2O9. The summed E-state index contributed by atoms with van der Waals surface area (Å²) in [6.45, 7) is 8.72. The van der Waals surface area contributed by atoms with Gasteiger partial charge < -0.3 is 25.4 Å². The van der Waals surface area contributed by atoms with Gasteiger partial charge in [-0.15, -0.1) is 0 Å². The molecule has 4 aliphatic carbocycles. The number of hydroxylamine groups is 1. The summed E-state index contributed by atoms with van der Waals surface area (Å²) in [4.78, 5) is 47.0. The van der Waals surface area contributed by atoms with E-state index in [2.05, 4.69) is 5.32 Å². The lowest BCUT2D eigenvalue weighted by Gasteiger charge is -2.50. The normalized spacial score (nSPS) is 32.9. The topological polar surface area (TPSA) is 182 Å². The lowest BCUT2D eigenvalue weighted by Crippen LogP contribution is -2.61. The quantitative estimate of drug-likeness (QED) is 0.0714. The molecule has 1 aromatic carbocycles. The predicted molar refractivity (Wildman–Crippen MR) is 174 cm³/mol. The number of hydrogen-bond donors (Lipinski definition) is 6. The first-order valence-electron chi connectivity index (χ1n) is 16.5. The molecule has 6 N–H and O–H groups in total. The van der Waals surface area contributed by atoms with Crippen LogP contribution in [0.3, 0.4) is 0 Å². The first-order chi connectivity index (χ1) is 22.1. The molecular weight excluding hydrogens is 604 g/mol. The van der Waals surface area contributed by atoms with Gasteiger partial charge in [-0.2, -0.15) is 0 Å². The maximum absolute atomic E-state index is 12.8. The highest BCUT2D eigenvalue weighted by Crippen LogP contribution is 2.76. The summed E-state index contributed by atoms with van der Waals surface area (Å²) in [5.74, 6) is -2.77. The lowest BCUT2D eigenvalue weighted by atomic mass is 9.60. The number of ether oxygens (including phenoxy) is 1. The van der Waals surface area contributed by atoms with Crippen LogP contribution in [0.4, 0.5) is 5.69 Å². The average Bonchev–Trinajstić information content (AvgIpc) is 3.42. The number of amides is 2. The number of unbranched alkanes of at least 4 members (excludes halogenated alkanes) is 3. The van der Waals surface area contributed by atoms with Crippen LogP contribution in [0.5, 0.6) is 0 Å². The highest BCUT2D eigenvalue weighted by atomic mass is 16.6. The number of benzene rings is 1. The van der Waals surface area contributed by atoms with E-state index in [1.54, 1.807) is 18.5 Å². The third kappa shape index (κ3) is 6.81. The summed E-state index contributed by atoms with van der Waals surface area (Å²) < 4.78 is 5.83. The van der Waals surface area contributed by atoms with Crippen LogP contribution in [-0.2, 0) is 23.9 Å². The molecule has 0 bridgehead atoms. The van der Waals surface area contributed by atoms with Gasteiger partial charge in [0.2, 0.25) is 11.8 Å². The van der Waals surface area contributed by atoms with Gasteiger partial charge in [0.05, 0.1) is 12.2 Å². The van der Waals surface area contributed by atoms with E-state index in [9.17, 15) is 34.5 Å². The Kier molecular flexibility index (Phi) is 10.9. The second kappa shape index (κ2) is 14.0. The summed E-state index contributed by atoms with van der Waals surface area (Å²) >= 11 is 0. The van der Waals surface area contributed by atoms with Crippen molar-refractivity contribution in [1.29, 1.82) is 0 Å². The molecule has 4 aliphatic rings. The van der Waals surface area contributed by atoms with Crippen LogP contribution in [0, 0.1) is 29.1 Å². The molecule has 0 radical (unpaired) electrons. The smallest absolute Gasteiger partial charge is 0.303 e. The fourth-order valence-electron chi connectivity index (χ4n) is 8.58.